The van der Waals surface area contributed by atoms with E-state index in [1.165, 1.54) is 16.5 Å². The van der Waals surface area contributed by atoms with Crippen molar-refractivity contribution in [2.45, 2.75) is 6.92 Å². The molecule has 1 heterocycles. The van der Waals surface area contributed by atoms with Crippen LogP contribution in [0.3, 0.4) is 0 Å². The number of hydrogen-bond donors (Lipinski definition) is 0. The fourth-order valence-corrected chi connectivity index (χ4v) is 1.05. The third kappa shape index (κ3) is 1.77. The van der Waals surface area contributed by atoms with Crippen LogP contribution in [-0.4, -0.2) is 22.3 Å². The molecule has 0 amide bonds. The molecule has 1 aromatic rings. The Morgan fingerprint density at radius 2 is 2.54 bits per heavy atom. The van der Waals surface area contributed by atoms with Crippen molar-refractivity contribution in [3.8, 4) is 0 Å². The minimum absolute atomic E-state index is 0.368. The molecule has 0 aliphatic heterocycles. The van der Waals surface area contributed by atoms with Gasteiger partial charge in [-0.05, 0) is 6.92 Å². The lowest BCUT2D eigenvalue weighted by Gasteiger charge is -2.03. The van der Waals surface area contributed by atoms with Crippen molar-refractivity contribution in [3.05, 3.63) is 30.4 Å². The average molecular weight is 178 g/mol. The molecule has 0 N–H and O–H groups in total. The van der Waals surface area contributed by atoms with Gasteiger partial charge in [0.15, 0.2) is 0 Å². The molecule has 0 fully saturated rings. The van der Waals surface area contributed by atoms with Gasteiger partial charge < -0.3 is 4.74 Å². The molecule has 1 aliphatic carbocycles. The number of carbonyl (C=O) groups is 1. The minimum Gasteiger partial charge on any atom is -0.448 e. The van der Waals surface area contributed by atoms with E-state index < -0.39 is 0 Å². The Labute approximate surface area is 75.8 Å². The normalized spacial score (nSPS) is 19.5. The van der Waals surface area contributed by atoms with Crippen LogP contribution in [0.1, 0.15) is 6.92 Å². The van der Waals surface area contributed by atoms with E-state index in [2.05, 4.69) is 11.1 Å². The number of rotatable bonds is 2. The summed E-state index contributed by atoms with van der Waals surface area (Å²) in [6, 6.07) is 0. The third-order valence-electron chi connectivity index (χ3n) is 2.04. The number of hydrogen-bond acceptors (Lipinski definition) is 3. The van der Waals surface area contributed by atoms with Crippen LogP contribution in [0.2, 0.25) is 0 Å². The Morgan fingerprint density at radius 3 is 3.08 bits per heavy atom. The molecular weight excluding hydrogens is 168 g/mol. The summed E-state index contributed by atoms with van der Waals surface area (Å²) >= 11 is 0. The van der Waals surface area contributed by atoms with Crippen LogP contribution < -0.4 is 0 Å². The minimum atomic E-state index is -0.370. The molecule has 1 aliphatic rings. The molecule has 0 saturated heterocycles. The lowest BCUT2D eigenvalue weighted by atomic mass is 10.3. The number of aromatic nitrogens is 2. The second-order valence-corrected chi connectivity index (χ2v) is 3.06. The van der Waals surface area contributed by atoms with Crippen LogP contribution in [0.5, 0.6) is 0 Å². The van der Waals surface area contributed by atoms with Crippen molar-refractivity contribution in [2.24, 2.45) is 5.92 Å². The highest BCUT2D eigenvalue weighted by Crippen LogP contribution is 2.27. The van der Waals surface area contributed by atoms with Gasteiger partial charge in [0.2, 0.25) is 0 Å². The van der Waals surface area contributed by atoms with Crippen molar-refractivity contribution < 1.29 is 9.53 Å². The van der Waals surface area contributed by atoms with Gasteiger partial charge in [0.25, 0.3) is 0 Å². The maximum atomic E-state index is 11.2. The Morgan fingerprint density at radius 1 is 1.77 bits per heavy atom. The molecule has 0 bridgehead atoms. The van der Waals surface area contributed by atoms with E-state index >= 15 is 0 Å². The molecule has 4 heteroatoms. The topological polar surface area (TPSA) is 44.1 Å². The van der Waals surface area contributed by atoms with Crippen molar-refractivity contribution in [1.29, 1.82) is 0 Å². The predicted molar refractivity (Wildman–Crippen MR) is 46.2 cm³/mol. The average Bonchev–Trinajstić information content (AvgIpc) is 2.67. The highest BCUT2D eigenvalue weighted by atomic mass is 16.5. The Hall–Kier alpha value is -1.58. The van der Waals surface area contributed by atoms with E-state index in [4.69, 9.17) is 4.74 Å². The summed E-state index contributed by atoms with van der Waals surface area (Å²) in [5.41, 5.74) is 1.29. The summed E-state index contributed by atoms with van der Waals surface area (Å²) in [6.45, 7) is 2.47. The quantitative estimate of drug-likeness (QED) is 0.644. The lowest BCUT2D eigenvalue weighted by molar-refractivity contribution is 0.144. The monoisotopic (exact) mass is 178 g/mol. The van der Waals surface area contributed by atoms with Crippen molar-refractivity contribution >= 4 is 6.09 Å². The molecule has 13 heavy (non-hydrogen) atoms. The molecule has 1 atom stereocenters. The number of imidazole rings is 1. The fraction of sp³-hybridized carbons (Fsp3) is 0.333. The zero-order valence-electron chi connectivity index (χ0n) is 7.30. The zero-order chi connectivity index (χ0) is 9.26. The van der Waals surface area contributed by atoms with Gasteiger partial charge in [0.1, 0.15) is 12.9 Å². The Kier molecular flexibility index (Phi) is 1.88. The molecule has 2 rings (SSSR count). The largest absolute Gasteiger partial charge is 0.448 e. The Balaban J connectivity index is 1.80. The first kappa shape index (κ1) is 8.04. The zero-order valence-corrected chi connectivity index (χ0v) is 7.30. The summed E-state index contributed by atoms with van der Waals surface area (Å²) in [4.78, 5) is 15.0. The van der Waals surface area contributed by atoms with Crippen molar-refractivity contribution in [1.82, 2.24) is 9.55 Å². The van der Waals surface area contributed by atoms with Gasteiger partial charge in [-0.1, -0.05) is 11.6 Å². The molecule has 68 valence electrons. The van der Waals surface area contributed by atoms with Gasteiger partial charge in [-0.25, -0.2) is 14.3 Å². The molecule has 0 saturated carbocycles. The van der Waals surface area contributed by atoms with E-state index in [1.54, 1.807) is 12.4 Å². The maximum absolute atomic E-state index is 11.2. The lowest BCUT2D eigenvalue weighted by Crippen LogP contribution is -2.13. The number of ether oxygens (including phenoxy) is 1. The molecule has 0 aromatic carbocycles. The molecule has 0 spiro atoms. The molecule has 1 unspecified atom stereocenters. The fourth-order valence-electron chi connectivity index (χ4n) is 1.05. The van der Waals surface area contributed by atoms with Gasteiger partial charge >= 0.3 is 6.09 Å². The standard InChI is InChI=1S/C9H10N2O2/c1-7-4-8(7)5-13-9(12)11-3-2-10-6-11/h2-4,6,8H,5H2,1H3. The number of carbonyl (C=O) groups excluding carboxylic acids is 1. The van der Waals surface area contributed by atoms with Crippen LogP contribution in [-0.2, 0) is 4.74 Å². The van der Waals surface area contributed by atoms with Crippen molar-refractivity contribution in [3.63, 3.8) is 0 Å². The second kappa shape index (κ2) is 3.05. The predicted octanol–water partition coefficient (Wildman–Crippen LogP) is 1.44. The second-order valence-electron chi connectivity index (χ2n) is 3.06. The van der Waals surface area contributed by atoms with Crippen LogP contribution in [0.25, 0.3) is 0 Å². The first-order valence-corrected chi connectivity index (χ1v) is 4.11. The van der Waals surface area contributed by atoms with Crippen molar-refractivity contribution in [2.75, 3.05) is 6.61 Å². The first-order valence-electron chi connectivity index (χ1n) is 4.11. The maximum Gasteiger partial charge on any atom is 0.419 e. The van der Waals surface area contributed by atoms with Crippen LogP contribution in [0, 0.1) is 5.92 Å². The van der Waals surface area contributed by atoms with Gasteiger partial charge in [-0.15, -0.1) is 0 Å². The van der Waals surface area contributed by atoms with Crippen LogP contribution in [0.15, 0.2) is 30.4 Å². The summed E-state index contributed by atoms with van der Waals surface area (Å²) in [5.74, 6) is 0.368. The summed E-state index contributed by atoms with van der Waals surface area (Å²) in [6.07, 6.45) is 6.24. The van der Waals surface area contributed by atoms with Gasteiger partial charge in [0, 0.05) is 18.3 Å². The highest BCUT2D eigenvalue weighted by molar-refractivity contribution is 5.70. The first-order chi connectivity index (χ1) is 6.27. The van der Waals surface area contributed by atoms with Gasteiger partial charge in [-0.2, -0.15) is 0 Å². The van der Waals surface area contributed by atoms with Crippen LogP contribution in [0.4, 0.5) is 4.79 Å². The molecule has 1 aromatic heterocycles. The molecular formula is C9H10N2O2. The smallest absolute Gasteiger partial charge is 0.419 e. The summed E-state index contributed by atoms with van der Waals surface area (Å²) in [7, 11) is 0. The highest BCUT2D eigenvalue weighted by Gasteiger charge is 2.21. The molecule has 4 nitrogen and oxygen atoms in total. The third-order valence-corrected chi connectivity index (χ3v) is 2.04. The van der Waals surface area contributed by atoms with Crippen LogP contribution >= 0.6 is 0 Å². The van der Waals surface area contributed by atoms with E-state index in [0.29, 0.717) is 12.5 Å². The van der Waals surface area contributed by atoms with E-state index in [-0.39, 0.29) is 6.09 Å². The molecule has 0 radical (unpaired) electrons. The summed E-state index contributed by atoms with van der Waals surface area (Å²) < 4.78 is 6.33. The van der Waals surface area contributed by atoms with E-state index in [0.717, 1.165) is 0 Å². The van der Waals surface area contributed by atoms with E-state index in [9.17, 15) is 4.79 Å². The number of nitrogens with zero attached hydrogens (tertiary/aromatic N) is 2. The van der Waals surface area contributed by atoms with E-state index in [1.807, 2.05) is 6.92 Å². The van der Waals surface area contributed by atoms with Gasteiger partial charge in [0.05, 0.1) is 0 Å². The SMILES string of the molecule is CC1=CC1COC(=O)n1ccnc1. The van der Waals surface area contributed by atoms with Gasteiger partial charge in [-0.3, -0.25) is 0 Å². The summed E-state index contributed by atoms with van der Waals surface area (Å²) in [5, 5.41) is 0. The Bertz CT molecular complexity index is 341.